The van der Waals surface area contributed by atoms with Crippen LogP contribution in [0.25, 0.3) is 0 Å². The summed E-state index contributed by atoms with van der Waals surface area (Å²) >= 11 is 0. The van der Waals surface area contributed by atoms with Gasteiger partial charge >= 0.3 is 5.97 Å². The Hall–Kier alpha value is -0.570. The molecule has 0 saturated heterocycles. The molecule has 98 valence electrons. The zero-order valence-electron chi connectivity index (χ0n) is 10.8. The number of carboxylic acids is 1. The van der Waals surface area contributed by atoms with Gasteiger partial charge in [-0.2, -0.15) is 0 Å². The van der Waals surface area contributed by atoms with Crippen molar-refractivity contribution in [2.75, 3.05) is 0 Å². The van der Waals surface area contributed by atoms with Crippen molar-refractivity contribution < 1.29 is 9.90 Å². The molecule has 2 aliphatic carbocycles. The van der Waals surface area contributed by atoms with E-state index in [0.29, 0.717) is 12.1 Å². The molecule has 0 heterocycles. The fourth-order valence-electron chi connectivity index (χ4n) is 3.47. The monoisotopic (exact) mass is 239 g/mol. The first kappa shape index (κ1) is 12.9. The molecule has 0 amide bonds. The number of carbonyl (C=O) groups is 1. The number of rotatable bonds is 4. The van der Waals surface area contributed by atoms with Crippen LogP contribution >= 0.6 is 0 Å². The van der Waals surface area contributed by atoms with Gasteiger partial charge in [-0.1, -0.05) is 12.8 Å². The molecule has 17 heavy (non-hydrogen) atoms. The molecule has 0 radical (unpaired) electrons. The number of aliphatic carboxylic acids is 1. The maximum absolute atomic E-state index is 10.9. The van der Waals surface area contributed by atoms with Crippen molar-refractivity contribution in [2.45, 2.75) is 70.4 Å². The SMILES string of the molecule is CC(NC1CCC(C(=O)O)CC1)C1CCCC1. The Balaban J connectivity index is 1.72. The lowest BCUT2D eigenvalue weighted by molar-refractivity contribution is -0.142. The first-order valence-corrected chi connectivity index (χ1v) is 7.15. The van der Waals surface area contributed by atoms with Crippen LogP contribution in [0.1, 0.15) is 58.3 Å². The Labute approximate surface area is 104 Å². The standard InChI is InChI=1S/C14H25NO2/c1-10(11-4-2-3-5-11)15-13-8-6-12(7-9-13)14(16)17/h10-13,15H,2-9H2,1H3,(H,16,17). The Morgan fingerprint density at radius 2 is 1.71 bits per heavy atom. The van der Waals surface area contributed by atoms with Gasteiger partial charge < -0.3 is 10.4 Å². The van der Waals surface area contributed by atoms with Crippen molar-refractivity contribution in [3.8, 4) is 0 Å². The van der Waals surface area contributed by atoms with Gasteiger partial charge in [0.2, 0.25) is 0 Å². The molecule has 0 bridgehead atoms. The van der Waals surface area contributed by atoms with Crippen LogP contribution in [-0.4, -0.2) is 23.2 Å². The highest BCUT2D eigenvalue weighted by Gasteiger charge is 2.28. The fraction of sp³-hybridized carbons (Fsp3) is 0.929. The maximum Gasteiger partial charge on any atom is 0.306 e. The quantitative estimate of drug-likeness (QED) is 0.793. The second kappa shape index (κ2) is 5.85. The van der Waals surface area contributed by atoms with E-state index in [2.05, 4.69) is 12.2 Å². The lowest BCUT2D eigenvalue weighted by atomic mass is 9.85. The molecule has 1 unspecified atom stereocenters. The summed E-state index contributed by atoms with van der Waals surface area (Å²) in [7, 11) is 0. The van der Waals surface area contributed by atoms with E-state index in [1.165, 1.54) is 25.7 Å². The second-order valence-electron chi connectivity index (χ2n) is 5.89. The van der Waals surface area contributed by atoms with E-state index in [9.17, 15) is 4.79 Å². The minimum atomic E-state index is -0.604. The van der Waals surface area contributed by atoms with Crippen molar-refractivity contribution in [3.63, 3.8) is 0 Å². The van der Waals surface area contributed by atoms with Crippen LogP contribution in [0.5, 0.6) is 0 Å². The highest BCUT2D eigenvalue weighted by atomic mass is 16.4. The third kappa shape index (κ3) is 3.44. The number of nitrogens with one attached hydrogen (secondary N) is 1. The third-order valence-corrected chi connectivity index (χ3v) is 4.68. The molecule has 2 N–H and O–H groups in total. The maximum atomic E-state index is 10.9. The van der Waals surface area contributed by atoms with Gasteiger partial charge in [0.1, 0.15) is 0 Å². The van der Waals surface area contributed by atoms with Crippen LogP contribution in [0.4, 0.5) is 0 Å². The minimum Gasteiger partial charge on any atom is -0.481 e. The summed E-state index contributed by atoms with van der Waals surface area (Å²) in [6.45, 7) is 2.30. The Kier molecular flexibility index (Phi) is 4.43. The Bertz CT molecular complexity index is 253. The first-order valence-electron chi connectivity index (χ1n) is 7.15. The first-order chi connectivity index (χ1) is 8.16. The molecule has 0 aromatic carbocycles. The van der Waals surface area contributed by atoms with Gasteiger partial charge in [-0.15, -0.1) is 0 Å². The van der Waals surface area contributed by atoms with E-state index in [-0.39, 0.29) is 5.92 Å². The fourth-order valence-corrected chi connectivity index (χ4v) is 3.47. The molecule has 1 atom stereocenters. The number of hydrogen-bond acceptors (Lipinski definition) is 2. The molecule has 0 aliphatic heterocycles. The van der Waals surface area contributed by atoms with Gasteiger partial charge in [-0.3, -0.25) is 4.79 Å². The average molecular weight is 239 g/mol. The van der Waals surface area contributed by atoms with Gasteiger partial charge in [0.15, 0.2) is 0 Å². The summed E-state index contributed by atoms with van der Waals surface area (Å²) in [6.07, 6.45) is 9.30. The topological polar surface area (TPSA) is 49.3 Å². The van der Waals surface area contributed by atoms with Crippen LogP contribution in [0.15, 0.2) is 0 Å². The molecular weight excluding hydrogens is 214 g/mol. The largest absolute Gasteiger partial charge is 0.481 e. The third-order valence-electron chi connectivity index (χ3n) is 4.68. The van der Waals surface area contributed by atoms with E-state index < -0.39 is 5.97 Å². The summed E-state index contributed by atoms with van der Waals surface area (Å²) in [5.74, 6) is 0.161. The van der Waals surface area contributed by atoms with Gasteiger partial charge in [0.25, 0.3) is 0 Å². The average Bonchev–Trinajstić information content (AvgIpc) is 2.83. The lowest BCUT2D eigenvalue weighted by Crippen LogP contribution is -2.42. The second-order valence-corrected chi connectivity index (χ2v) is 5.89. The van der Waals surface area contributed by atoms with Crippen molar-refractivity contribution in [2.24, 2.45) is 11.8 Å². The predicted octanol–water partition coefficient (Wildman–Crippen LogP) is 2.80. The van der Waals surface area contributed by atoms with E-state index in [1.54, 1.807) is 0 Å². The molecule has 3 heteroatoms. The smallest absolute Gasteiger partial charge is 0.306 e. The summed E-state index contributed by atoms with van der Waals surface area (Å²) in [6, 6.07) is 1.17. The van der Waals surface area contributed by atoms with Crippen molar-refractivity contribution in [3.05, 3.63) is 0 Å². The Morgan fingerprint density at radius 1 is 1.12 bits per heavy atom. The number of hydrogen-bond donors (Lipinski definition) is 2. The molecule has 2 saturated carbocycles. The molecule has 2 aliphatic rings. The summed E-state index contributed by atoms with van der Waals surface area (Å²) in [5, 5.41) is 12.7. The van der Waals surface area contributed by atoms with Crippen molar-refractivity contribution >= 4 is 5.97 Å². The summed E-state index contributed by atoms with van der Waals surface area (Å²) < 4.78 is 0. The lowest BCUT2D eigenvalue weighted by Gasteiger charge is -2.31. The van der Waals surface area contributed by atoms with E-state index in [1.807, 2.05) is 0 Å². The van der Waals surface area contributed by atoms with Crippen LogP contribution in [0.3, 0.4) is 0 Å². The molecule has 0 aromatic heterocycles. The zero-order valence-corrected chi connectivity index (χ0v) is 10.8. The van der Waals surface area contributed by atoms with Gasteiger partial charge in [0, 0.05) is 12.1 Å². The summed E-state index contributed by atoms with van der Waals surface area (Å²) in [4.78, 5) is 10.9. The van der Waals surface area contributed by atoms with Crippen molar-refractivity contribution in [1.82, 2.24) is 5.32 Å². The molecule has 2 rings (SSSR count). The van der Waals surface area contributed by atoms with E-state index >= 15 is 0 Å². The molecule has 3 nitrogen and oxygen atoms in total. The summed E-state index contributed by atoms with van der Waals surface area (Å²) in [5.41, 5.74) is 0. The molecule has 0 aromatic rings. The van der Waals surface area contributed by atoms with E-state index in [4.69, 9.17) is 5.11 Å². The normalized spacial score (nSPS) is 32.5. The van der Waals surface area contributed by atoms with Crippen LogP contribution in [0.2, 0.25) is 0 Å². The van der Waals surface area contributed by atoms with Crippen LogP contribution < -0.4 is 5.32 Å². The van der Waals surface area contributed by atoms with Gasteiger partial charge in [-0.25, -0.2) is 0 Å². The number of carboxylic acid groups (broad SMARTS) is 1. The molecular formula is C14H25NO2. The highest BCUT2D eigenvalue weighted by molar-refractivity contribution is 5.70. The molecule has 0 spiro atoms. The highest BCUT2D eigenvalue weighted by Crippen LogP contribution is 2.30. The van der Waals surface area contributed by atoms with Gasteiger partial charge in [0.05, 0.1) is 5.92 Å². The molecule has 2 fully saturated rings. The van der Waals surface area contributed by atoms with E-state index in [0.717, 1.165) is 31.6 Å². The minimum absolute atomic E-state index is 0.0881. The van der Waals surface area contributed by atoms with Crippen LogP contribution in [0, 0.1) is 11.8 Å². The van der Waals surface area contributed by atoms with Gasteiger partial charge in [-0.05, 0) is 51.4 Å². The van der Waals surface area contributed by atoms with Crippen LogP contribution in [-0.2, 0) is 4.79 Å². The zero-order chi connectivity index (χ0) is 12.3. The predicted molar refractivity (Wildman–Crippen MR) is 67.9 cm³/mol. The van der Waals surface area contributed by atoms with Crippen molar-refractivity contribution in [1.29, 1.82) is 0 Å². The Morgan fingerprint density at radius 3 is 2.24 bits per heavy atom.